The van der Waals surface area contributed by atoms with Crippen molar-refractivity contribution >= 4 is 34.7 Å². The van der Waals surface area contributed by atoms with Gasteiger partial charge in [-0.25, -0.2) is 0 Å². The van der Waals surface area contributed by atoms with Crippen LogP contribution in [-0.4, -0.2) is 30.9 Å². The Hall–Kier alpha value is -4.37. The molecule has 4 aromatic rings. The lowest BCUT2D eigenvalue weighted by Gasteiger charge is -2.32. The van der Waals surface area contributed by atoms with Gasteiger partial charge in [0.1, 0.15) is 17.6 Å². The Morgan fingerprint density at radius 3 is 2.50 bits per heavy atom. The summed E-state index contributed by atoms with van der Waals surface area (Å²) in [5, 5.41) is 7.36. The second-order valence-electron chi connectivity index (χ2n) is 8.46. The number of nitrogens with one attached hydrogen (secondary N) is 2. The third-order valence-corrected chi connectivity index (χ3v) is 6.61. The predicted molar refractivity (Wildman–Crippen MR) is 146 cm³/mol. The number of benzene rings is 2. The fourth-order valence-corrected chi connectivity index (χ4v) is 4.55. The minimum Gasteiger partial charge on any atom is -0.494 e. The van der Waals surface area contributed by atoms with Crippen LogP contribution in [0.4, 0.5) is 5.69 Å². The summed E-state index contributed by atoms with van der Waals surface area (Å²) >= 11 is 1.28. The fraction of sp³-hybridized carbons (Fsp3) is 0.207. The molecule has 2 aromatic heterocycles. The maximum Gasteiger partial charge on any atom is 0.261 e. The van der Waals surface area contributed by atoms with Gasteiger partial charge in [0.2, 0.25) is 11.8 Å². The number of rotatable bonds is 11. The summed E-state index contributed by atoms with van der Waals surface area (Å²) in [5.41, 5.74) is 2.10. The van der Waals surface area contributed by atoms with Crippen LogP contribution in [0.15, 0.2) is 88.9 Å². The van der Waals surface area contributed by atoms with Crippen LogP contribution in [0.1, 0.15) is 39.5 Å². The van der Waals surface area contributed by atoms with Gasteiger partial charge in [0.25, 0.3) is 5.91 Å². The van der Waals surface area contributed by atoms with Gasteiger partial charge in [0.15, 0.2) is 0 Å². The van der Waals surface area contributed by atoms with Gasteiger partial charge in [-0.15, -0.1) is 11.3 Å². The van der Waals surface area contributed by atoms with Crippen LogP contribution in [-0.2, 0) is 16.1 Å². The maximum atomic E-state index is 13.8. The Balaban J connectivity index is 1.70. The SMILES string of the molecule is CCOc1cccc(N(C(=O)CNC(=O)c2cccs2)C(C(=O)NCc2ccco2)c2ccc(C)cc2)c1. The van der Waals surface area contributed by atoms with Crippen molar-refractivity contribution in [3.05, 3.63) is 106 Å². The van der Waals surface area contributed by atoms with Gasteiger partial charge in [-0.2, -0.15) is 0 Å². The summed E-state index contributed by atoms with van der Waals surface area (Å²) < 4.78 is 11.0. The molecule has 0 bridgehead atoms. The summed E-state index contributed by atoms with van der Waals surface area (Å²) in [5.74, 6) is -0.0673. The molecule has 2 N–H and O–H groups in total. The number of amides is 3. The minimum atomic E-state index is -1.02. The number of carbonyl (C=O) groups is 3. The van der Waals surface area contributed by atoms with Gasteiger partial charge < -0.3 is 19.8 Å². The zero-order chi connectivity index (χ0) is 26.9. The number of hydrogen-bond donors (Lipinski definition) is 2. The zero-order valence-corrected chi connectivity index (χ0v) is 22.0. The lowest BCUT2D eigenvalue weighted by Crippen LogP contribution is -2.47. The van der Waals surface area contributed by atoms with E-state index in [0.717, 1.165) is 5.56 Å². The van der Waals surface area contributed by atoms with Crippen LogP contribution >= 0.6 is 11.3 Å². The molecule has 0 aliphatic rings. The smallest absolute Gasteiger partial charge is 0.261 e. The number of anilines is 1. The lowest BCUT2D eigenvalue weighted by molar-refractivity contribution is -0.126. The highest BCUT2D eigenvalue weighted by Crippen LogP contribution is 2.31. The number of furan rings is 1. The van der Waals surface area contributed by atoms with Crippen molar-refractivity contribution in [1.29, 1.82) is 0 Å². The largest absolute Gasteiger partial charge is 0.494 e. The summed E-state index contributed by atoms with van der Waals surface area (Å²) in [6.07, 6.45) is 1.53. The number of thiophene rings is 1. The molecule has 0 saturated heterocycles. The fourth-order valence-electron chi connectivity index (χ4n) is 3.91. The molecule has 3 amide bonds. The van der Waals surface area contributed by atoms with Gasteiger partial charge in [-0.05, 0) is 55.1 Å². The van der Waals surface area contributed by atoms with Crippen LogP contribution in [0, 0.1) is 6.92 Å². The molecule has 1 atom stereocenters. The quantitative estimate of drug-likeness (QED) is 0.288. The number of hydrogen-bond acceptors (Lipinski definition) is 6. The second kappa shape index (κ2) is 12.7. The van der Waals surface area contributed by atoms with Crippen LogP contribution in [0.2, 0.25) is 0 Å². The monoisotopic (exact) mass is 531 g/mol. The maximum absolute atomic E-state index is 13.8. The van der Waals surface area contributed by atoms with E-state index in [1.54, 1.807) is 53.9 Å². The van der Waals surface area contributed by atoms with Crippen LogP contribution in [0.3, 0.4) is 0 Å². The third-order valence-electron chi connectivity index (χ3n) is 5.74. The first-order valence-electron chi connectivity index (χ1n) is 12.2. The molecule has 1 unspecified atom stereocenters. The second-order valence-corrected chi connectivity index (χ2v) is 9.41. The van der Waals surface area contributed by atoms with E-state index in [-0.39, 0.29) is 19.0 Å². The molecule has 0 aliphatic carbocycles. The van der Waals surface area contributed by atoms with Gasteiger partial charge in [-0.1, -0.05) is 42.0 Å². The number of ether oxygens (including phenoxy) is 1. The average molecular weight is 532 g/mol. The molecule has 0 fully saturated rings. The van der Waals surface area contributed by atoms with E-state index >= 15 is 0 Å². The van der Waals surface area contributed by atoms with Gasteiger partial charge >= 0.3 is 0 Å². The topological polar surface area (TPSA) is 101 Å². The lowest BCUT2D eigenvalue weighted by atomic mass is 10.0. The van der Waals surface area contributed by atoms with Crippen molar-refractivity contribution in [3.63, 3.8) is 0 Å². The predicted octanol–water partition coefficient (Wildman–Crippen LogP) is 4.87. The molecular formula is C29H29N3O5S. The molecule has 8 nitrogen and oxygen atoms in total. The highest BCUT2D eigenvalue weighted by molar-refractivity contribution is 7.12. The van der Waals surface area contributed by atoms with E-state index in [4.69, 9.17) is 9.15 Å². The van der Waals surface area contributed by atoms with E-state index in [1.807, 2.05) is 38.1 Å². The minimum absolute atomic E-state index is 0.157. The van der Waals surface area contributed by atoms with Crippen LogP contribution < -0.4 is 20.3 Å². The van der Waals surface area contributed by atoms with Crippen molar-refractivity contribution in [1.82, 2.24) is 10.6 Å². The zero-order valence-electron chi connectivity index (χ0n) is 21.2. The molecule has 196 valence electrons. The van der Waals surface area contributed by atoms with Crippen LogP contribution in [0.25, 0.3) is 0 Å². The number of nitrogens with zero attached hydrogens (tertiary/aromatic N) is 1. The molecule has 38 heavy (non-hydrogen) atoms. The molecular weight excluding hydrogens is 502 g/mol. The van der Waals surface area contributed by atoms with Crippen molar-refractivity contribution in [3.8, 4) is 5.75 Å². The van der Waals surface area contributed by atoms with E-state index in [2.05, 4.69) is 10.6 Å². The Kier molecular flexibility index (Phi) is 8.94. The van der Waals surface area contributed by atoms with Crippen LogP contribution in [0.5, 0.6) is 5.75 Å². The van der Waals surface area contributed by atoms with Crippen molar-refractivity contribution in [2.75, 3.05) is 18.1 Å². The first-order chi connectivity index (χ1) is 18.5. The Bertz CT molecular complexity index is 1350. The van der Waals surface area contributed by atoms with Gasteiger partial charge in [-0.3, -0.25) is 19.3 Å². The number of carbonyl (C=O) groups excluding carboxylic acids is 3. The summed E-state index contributed by atoms with van der Waals surface area (Å²) in [7, 11) is 0. The van der Waals surface area contributed by atoms with E-state index < -0.39 is 17.9 Å². The standard InChI is InChI=1S/C29H29N3O5S/c1-3-36-23-8-4-7-22(17-23)32(26(33)19-31-28(34)25-10-6-16-38-25)27(21-13-11-20(2)12-14-21)29(35)30-18-24-9-5-15-37-24/h4-17,27H,3,18-19H2,1-2H3,(H,30,35)(H,31,34). The average Bonchev–Trinajstić information content (AvgIpc) is 3.65. The third kappa shape index (κ3) is 6.68. The molecule has 0 aliphatic heterocycles. The molecule has 0 radical (unpaired) electrons. The van der Waals surface area contributed by atoms with Crippen molar-refractivity contribution in [2.24, 2.45) is 0 Å². The summed E-state index contributed by atoms with van der Waals surface area (Å²) in [4.78, 5) is 42.0. The first-order valence-corrected chi connectivity index (χ1v) is 13.1. The highest BCUT2D eigenvalue weighted by atomic mass is 32.1. The first kappa shape index (κ1) is 26.7. The van der Waals surface area contributed by atoms with E-state index in [0.29, 0.717) is 34.2 Å². The molecule has 2 aromatic carbocycles. The Morgan fingerprint density at radius 2 is 1.82 bits per heavy atom. The highest BCUT2D eigenvalue weighted by Gasteiger charge is 2.33. The molecule has 2 heterocycles. The van der Waals surface area contributed by atoms with Crippen molar-refractivity contribution < 1.29 is 23.5 Å². The molecule has 0 saturated carbocycles. The molecule has 9 heteroatoms. The van der Waals surface area contributed by atoms with E-state index in [1.165, 1.54) is 22.5 Å². The van der Waals surface area contributed by atoms with Crippen molar-refractivity contribution in [2.45, 2.75) is 26.4 Å². The van der Waals surface area contributed by atoms with Gasteiger partial charge in [0, 0.05) is 11.8 Å². The summed E-state index contributed by atoms with van der Waals surface area (Å²) in [6.45, 7) is 4.12. The molecule has 4 rings (SSSR count). The Morgan fingerprint density at radius 1 is 1.00 bits per heavy atom. The van der Waals surface area contributed by atoms with E-state index in [9.17, 15) is 14.4 Å². The summed E-state index contributed by atoms with van der Waals surface area (Å²) in [6, 6.07) is 20.4. The Labute approximate surface area is 225 Å². The normalized spacial score (nSPS) is 11.4. The molecule has 0 spiro atoms. The van der Waals surface area contributed by atoms with Gasteiger partial charge in [0.05, 0.1) is 30.8 Å². The number of aryl methyl sites for hydroxylation is 1.